The highest BCUT2D eigenvalue weighted by molar-refractivity contribution is 9.11. The zero-order chi connectivity index (χ0) is 84.6. The lowest BCUT2D eigenvalue weighted by molar-refractivity contribution is -0.0554. The van der Waals surface area contributed by atoms with Crippen LogP contribution in [-0.4, -0.2) is 114 Å². The lowest BCUT2D eigenvalue weighted by Crippen LogP contribution is -2.48. The summed E-state index contributed by atoms with van der Waals surface area (Å²) in [4.78, 5) is 18.9. The molecule has 622 valence electrons. The Kier molecular flexibility index (Phi) is 25.8. The molecular weight excluding hydrogens is 1810 g/mol. The fourth-order valence-electron chi connectivity index (χ4n) is 17.0. The number of H-pyrrole nitrogens is 4. The Morgan fingerprint density at radius 2 is 0.641 bits per heavy atom. The Bertz CT molecular complexity index is 5600. The molecule has 8 nitrogen and oxygen atoms in total. The maximum atomic E-state index is 15.0. The number of nitrogens with one attached hydrogen (secondary N) is 4. The first-order valence-corrected chi connectivity index (χ1v) is 41.6. The van der Waals surface area contributed by atoms with Crippen LogP contribution in [0.1, 0.15) is 173 Å². The summed E-state index contributed by atoms with van der Waals surface area (Å²) in [5.41, 5.74) is 8.39. The molecule has 0 aliphatic carbocycles. The molecule has 8 heterocycles. The number of hydrogen-bond acceptors (Lipinski definition) is 4. The van der Waals surface area contributed by atoms with E-state index in [2.05, 4.69) is 83.7 Å². The molecule has 0 fully saturated rings. The van der Waals surface area contributed by atoms with Crippen LogP contribution >= 0.6 is 63.7 Å². The van der Waals surface area contributed by atoms with E-state index < -0.39 is 121 Å². The lowest BCUT2D eigenvalue weighted by Gasteiger charge is -2.42. The van der Waals surface area contributed by atoms with Crippen LogP contribution in [0.5, 0.6) is 0 Å². The van der Waals surface area contributed by atoms with E-state index in [4.69, 9.17) is 0 Å². The van der Waals surface area contributed by atoms with E-state index in [9.17, 15) is 74.6 Å². The van der Waals surface area contributed by atoms with Crippen LogP contribution < -0.4 is 0 Å². The van der Waals surface area contributed by atoms with Crippen LogP contribution in [0, 0.1) is 52.4 Å². The summed E-state index contributed by atoms with van der Waals surface area (Å²) in [6.45, 7) is 11.0. The molecule has 4 aliphatic heterocycles. The van der Waals surface area contributed by atoms with Crippen LogP contribution in [-0.2, 0) is 25.7 Å². The van der Waals surface area contributed by atoms with E-state index in [1.165, 1.54) is 86.0 Å². The number of fused-ring (bicyclic) bond motifs is 12. The van der Waals surface area contributed by atoms with Crippen molar-refractivity contribution in [1.82, 2.24) is 39.5 Å². The number of hydrogen-bond donors (Lipinski definition) is 4. The van der Waals surface area contributed by atoms with Gasteiger partial charge in [-0.15, -0.1) is 0 Å². The average molecular weight is 1900 g/mol. The third-order valence-corrected chi connectivity index (χ3v) is 25.0. The molecular formula is C88H83Br4F17N8. The van der Waals surface area contributed by atoms with Crippen molar-refractivity contribution in [2.75, 3.05) is 26.2 Å². The van der Waals surface area contributed by atoms with Crippen molar-refractivity contribution in [1.29, 1.82) is 0 Å². The monoisotopic (exact) mass is 1890 g/mol. The molecule has 0 saturated heterocycles. The number of rotatable bonds is 16. The zero-order valence-corrected chi connectivity index (χ0v) is 71.0. The molecule has 8 unspecified atom stereocenters. The average Bonchev–Trinajstić information content (AvgIpc) is 1.69. The summed E-state index contributed by atoms with van der Waals surface area (Å²) < 4.78 is 248. The fraction of sp³-hybridized carbons (Fsp3) is 0.364. The largest absolute Gasteiger partial charge is 0.356 e. The summed E-state index contributed by atoms with van der Waals surface area (Å²) in [6.07, 6.45) is 0.640. The highest BCUT2D eigenvalue weighted by Gasteiger charge is 2.48. The molecule has 12 aromatic rings. The number of aromatic nitrogens is 4. The van der Waals surface area contributed by atoms with Crippen molar-refractivity contribution in [3.05, 3.63) is 277 Å². The number of aromatic amines is 4. The first-order chi connectivity index (χ1) is 55.2. The Morgan fingerprint density at radius 1 is 0.325 bits per heavy atom. The maximum absolute atomic E-state index is 15.0. The Morgan fingerprint density at radius 3 is 1.01 bits per heavy atom. The van der Waals surface area contributed by atoms with Gasteiger partial charge in [-0.1, -0.05) is 122 Å². The van der Waals surface area contributed by atoms with Gasteiger partial charge >= 0.3 is 0 Å². The van der Waals surface area contributed by atoms with Gasteiger partial charge in [-0.2, -0.15) is 0 Å². The van der Waals surface area contributed by atoms with Gasteiger partial charge in [0.25, 0.3) is 23.7 Å². The lowest BCUT2D eigenvalue weighted by atomic mass is 9.87. The van der Waals surface area contributed by atoms with Crippen molar-refractivity contribution in [3.63, 3.8) is 0 Å². The van der Waals surface area contributed by atoms with Crippen LogP contribution in [0.4, 0.5) is 74.6 Å². The molecule has 0 saturated carbocycles. The van der Waals surface area contributed by atoms with Gasteiger partial charge in [-0.3, -0.25) is 19.6 Å². The molecule has 16 rings (SSSR count). The fourth-order valence-corrected chi connectivity index (χ4v) is 18.4. The van der Waals surface area contributed by atoms with Crippen molar-refractivity contribution < 1.29 is 74.6 Å². The van der Waals surface area contributed by atoms with Crippen LogP contribution in [0.2, 0.25) is 0 Å². The van der Waals surface area contributed by atoms with Gasteiger partial charge in [0.15, 0.2) is 0 Å². The number of benzene rings is 8. The summed E-state index contributed by atoms with van der Waals surface area (Å²) >= 11 is 12.8. The van der Waals surface area contributed by atoms with Gasteiger partial charge in [0.1, 0.15) is 52.4 Å². The minimum atomic E-state index is -3.04. The summed E-state index contributed by atoms with van der Waals surface area (Å²) in [5, 5.41) is 3.13. The van der Waals surface area contributed by atoms with E-state index >= 15 is 0 Å². The van der Waals surface area contributed by atoms with Gasteiger partial charge in [0.05, 0.1) is 55.9 Å². The van der Waals surface area contributed by atoms with Crippen molar-refractivity contribution in [3.8, 4) is 0 Å². The second kappa shape index (κ2) is 34.5. The first kappa shape index (κ1) is 87.3. The highest BCUT2D eigenvalue weighted by Crippen LogP contribution is 2.50. The van der Waals surface area contributed by atoms with Crippen LogP contribution in [0.15, 0.2) is 157 Å². The summed E-state index contributed by atoms with van der Waals surface area (Å²) in [5.74, 6) is -17.2. The zero-order valence-electron chi connectivity index (χ0n) is 64.6. The molecule has 117 heavy (non-hydrogen) atoms. The molecule has 4 aromatic heterocycles. The van der Waals surface area contributed by atoms with Gasteiger partial charge < -0.3 is 19.9 Å². The third-order valence-electron chi connectivity index (χ3n) is 23.1. The van der Waals surface area contributed by atoms with E-state index in [0.29, 0.717) is 80.3 Å². The Hall–Kier alpha value is -7.51. The number of para-hydroxylation sites is 1. The molecule has 0 radical (unpaired) electrons. The van der Waals surface area contributed by atoms with Gasteiger partial charge in [0, 0.05) is 145 Å². The van der Waals surface area contributed by atoms with Crippen LogP contribution in [0.25, 0.3) is 43.6 Å². The molecule has 4 N–H and O–H groups in total. The smallest absolute Gasteiger partial charge is 0.260 e. The van der Waals surface area contributed by atoms with Gasteiger partial charge in [0.2, 0.25) is 0 Å². The van der Waals surface area contributed by atoms with Crippen molar-refractivity contribution >= 4 is 107 Å². The summed E-state index contributed by atoms with van der Waals surface area (Å²) in [7, 11) is 0. The SMILES string of the molecule is CCC(F)(F)CN1C(C)Cc2c([nH]c3c(F)cccc23)C1c1c(F)cc(Br)cc1F.CCC(F)(F)CN1C(C)Cc2c([nH]c3cc(F)ccc23)C1c1c(F)cc(Br)cc1F.CCC(F)(F)CN1C(C)Cc2c([nH]c3cc(F)ccc23)C1c1ccc(Br)cc1.CCC(F)(F)CN1C(C)Cc2c([nH]c3cc(F)ccc23)C1c1ccc(Br)cc1F. The van der Waals surface area contributed by atoms with Crippen LogP contribution in [0.3, 0.4) is 0 Å². The molecule has 0 spiro atoms. The molecule has 8 atom stereocenters. The van der Waals surface area contributed by atoms with E-state index in [1.807, 2.05) is 43.0 Å². The normalized spacial score (nSPS) is 20.2. The number of halogens is 21. The van der Waals surface area contributed by atoms with Crippen molar-refractivity contribution in [2.24, 2.45) is 0 Å². The molecule has 0 bridgehead atoms. The number of alkyl halides is 8. The van der Waals surface area contributed by atoms with E-state index in [0.717, 1.165) is 72.8 Å². The predicted molar refractivity (Wildman–Crippen MR) is 437 cm³/mol. The molecule has 0 amide bonds. The third kappa shape index (κ3) is 18.1. The van der Waals surface area contributed by atoms with E-state index in [1.54, 1.807) is 61.2 Å². The quantitative estimate of drug-likeness (QED) is 0.0727. The molecule has 8 aromatic carbocycles. The minimum absolute atomic E-state index is 0.0670. The predicted octanol–water partition coefficient (Wildman–Crippen LogP) is 26.5. The van der Waals surface area contributed by atoms with E-state index in [-0.39, 0.29) is 81.2 Å². The standard InChI is InChI=1S/2C22H20BrF5N2.C22H21BrF4N2.C22H22BrF3N2/c1-3-22(27,28)10-30-11(2)6-15-14-5-4-13(24)9-18(14)29-20(15)21(30)19-16(25)7-12(23)8-17(19)26;1-3-22(27,28)10-30-11(2)7-14-13-5-4-6-15(24)19(13)29-20(14)21(30)18-16(25)8-12(23)9-17(18)26;1-3-22(26,27)11-29-12(2)8-17-15-7-5-14(24)10-19(15)28-20(17)21(29)16-6-4-13(23)9-18(16)25;1-3-22(25,26)12-28-13(2)10-18-17-9-8-16(24)11-19(17)27-20(18)21(28)14-4-6-15(23)7-5-14/h4-5,7-9,11,21,29H,3,6,10H2,1-2H3;4-6,8-9,11,21,29H,3,7,10H2,1-2H3;4-7,9-10,12,21,28H,3,8,11H2,1-2H3;4-9,11,13,21,27H,3,10,12H2,1-2H3. The topological polar surface area (TPSA) is 76.1 Å². The first-order valence-electron chi connectivity index (χ1n) is 38.4. The highest BCUT2D eigenvalue weighted by atomic mass is 79.9. The second-order valence-electron chi connectivity index (χ2n) is 30.9. The second-order valence-corrected chi connectivity index (χ2v) is 34.6. The molecule has 29 heteroatoms. The van der Waals surface area contributed by atoms with Crippen molar-refractivity contribution in [2.45, 2.75) is 179 Å². The van der Waals surface area contributed by atoms with Gasteiger partial charge in [-0.25, -0.2) is 74.6 Å². The minimum Gasteiger partial charge on any atom is -0.356 e. The molecule has 4 aliphatic rings. The Balaban J connectivity index is 0.000000136. The van der Waals surface area contributed by atoms with Gasteiger partial charge in [-0.05, 0) is 190 Å². The Labute approximate surface area is 698 Å². The number of nitrogens with zero attached hydrogens (tertiary/aromatic N) is 4. The maximum Gasteiger partial charge on any atom is 0.260 e. The summed E-state index contributed by atoms with van der Waals surface area (Å²) in [6, 6.07) is 30.4.